The second-order valence-corrected chi connectivity index (χ2v) is 3.91. The molecule has 1 atom stereocenters. The number of hydrogen-bond acceptors (Lipinski definition) is 3. The Morgan fingerprint density at radius 1 is 1.60 bits per heavy atom. The largest absolute Gasteiger partial charge is 0.490 e. The van der Waals surface area contributed by atoms with Crippen LogP contribution in [0.2, 0.25) is 0 Å². The Morgan fingerprint density at radius 2 is 2.40 bits per heavy atom. The Bertz CT molecular complexity index is 387. The van der Waals surface area contributed by atoms with E-state index in [2.05, 4.69) is 5.32 Å². The fraction of sp³-hybridized carbons (Fsp3) is 0.417. The van der Waals surface area contributed by atoms with Gasteiger partial charge in [0.2, 0.25) is 0 Å². The van der Waals surface area contributed by atoms with Gasteiger partial charge in [0.15, 0.2) is 5.78 Å². The van der Waals surface area contributed by atoms with Crippen molar-refractivity contribution in [1.29, 1.82) is 0 Å². The minimum absolute atomic E-state index is 0.125. The molecule has 3 heteroatoms. The molecule has 0 saturated heterocycles. The van der Waals surface area contributed by atoms with E-state index >= 15 is 0 Å². The highest BCUT2D eigenvalue weighted by Gasteiger charge is 2.19. The normalized spacial score (nSPS) is 18.4. The molecule has 1 N–H and O–H groups in total. The van der Waals surface area contributed by atoms with Gasteiger partial charge < -0.3 is 10.1 Å². The Morgan fingerprint density at radius 3 is 3.13 bits per heavy atom. The molecular weight excluding hydrogens is 190 g/mol. The summed E-state index contributed by atoms with van der Waals surface area (Å²) < 4.78 is 5.57. The quantitative estimate of drug-likeness (QED) is 0.758. The smallest absolute Gasteiger partial charge is 0.176 e. The molecule has 1 aromatic carbocycles. The van der Waals surface area contributed by atoms with E-state index in [1.54, 1.807) is 7.05 Å². The third-order valence-corrected chi connectivity index (χ3v) is 2.56. The van der Waals surface area contributed by atoms with Gasteiger partial charge in [-0.3, -0.25) is 4.79 Å². The maximum atomic E-state index is 11.6. The molecule has 0 fully saturated rings. The standard InChI is InChI=1S/C12H15NO2/c1-8-5-10-6-9(11(14)7-13-2)3-4-12(10)15-8/h3-4,6,8,13H,5,7H2,1-2H3. The number of carbonyl (C=O) groups excluding carboxylic acids is 1. The van der Waals surface area contributed by atoms with Crippen molar-refractivity contribution in [2.45, 2.75) is 19.4 Å². The van der Waals surface area contributed by atoms with E-state index in [1.807, 2.05) is 25.1 Å². The predicted molar refractivity (Wildman–Crippen MR) is 58.5 cm³/mol. The Balaban J connectivity index is 2.23. The van der Waals surface area contributed by atoms with E-state index in [-0.39, 0.29) is 11.9 Å². The summed E-state index contributed by atoms with van der Waals surface area (Å²) in [5.74, 6) is 1.04. The SMILES string of the molecule is CNCC(=O)c1ccc2c(c1)CC(C)O2. The molecule has 0 radical (unpaired) electrons. The van der Waals surface area contributed by atoms with E-state index in [0.29, 0.717) is 6.54 Å². The monoisotopic (exact) mass is 205 g/mol. The number of Topliss-reactive ketones (excluding diaryl/α,β-unsaturated/α-hetero) is 1. The lowest BCUT2D eigenvalue weighted by Crippen LogP contribution is -2.18. The highest BCUT2D eigenvalue weighted by Crippen LogP contribution is 2.29. The summed E-state index contributed by atoms with van der Waals surface area (Å²) >= 11 is 0. The second-order valence-electron chi connectivity index (χ2n) is 3.91. The minimum Gasteiger partial charge on any atom is -0.490 e. The molecule has 0 amide bonds. The topological polar surface area (TPSA) is 38.3 Å². The molecule has 1 unspecified atom stereocenters. The number of benzene rings is 1. The molecule has 0 bridgehead atoms. The average molecular weight is 205 g/mol. The molecule has 80 valence electrons. The first-order valence-corrected chi connectivity index (χ1v) is 5.18. The van der Waals surface area contributed by atoms with Crippen LogP contribution < -0.4 is 10.1 Å². The molecule has 2 rings (SSSR count). The molecule has 1 aromatic rings. The summed E-state index contributed by atoms with van der Waals surface area (Å²) in [7, 11) is 1.77. The van der Waals surface area contributed by atoms with Crippen LogP contribution in [0.4, 0.5) is 0 Å². The summed E-state index contributed by atoms with van der Waals surface area (Å²) in [5, 5.41) is 2.86. The average Bonchev–Trinajstić information content (AvgIpc) is 2.57. The van der Waals surface area contributed by atoms with Gasteiger partial charge >= 0.3 is 0 Å². The summed E-state index contributed by atoms with van der Waals surface area (Å²) in [4.78, 5) is 11.6. The zero-order valence-electron chi connectivity index (χ0n) is 9.04. The van der Waals surface area contributed by atoms with Gasteiger partial charge in [-0.2, -0.15) is 0 Å². The van der Waals surface area contributed by atoms with Gasteiger partial charge in [-0.25, -0.2) is 0 Å². The third kappa shape index (κ3) is 2.02. The fourth-order valence-corrected chi connectivity index (χ4v) is 1.86. The summed E-state index contributed by atoms with van der Waals surface area (Å²) in [5.41, 5.74) is 1.91. The van der Waals surface area contributed by atoms with Crippen LogP contribution >= 0.6 is 0 Å². The number of ether oxygens (including phenoxy) is 1. The highest BCUT2D eigenvalue weighted by molar-refractivity contribution is 5.98. The van der Waals surface area contributed by atoms with E-state index < -0.39 is 0 Å². The number of rotatable bonds is 3. The van der Waals surface area contributed by atoms with Crippen molar-refractivity contribution in [2.24, 2.45) is 0 Å². The van der Waals surface area contributed by atoms with E-state index in [1.165, 1.54) is 0 Å². The van der Waals surface area contributed by atoms with E-state index in [9.17, 15) is 4.79 Å². The first kappa shape index (κ1) is 10.2. The molecule has 15 heavy (non-hydrogen) atoms. The summed E-state index contributed by atoms with van der Waals surface area (Å²) in [6.45, 7) is 2.42. The number of nitrogens with one attached hydrogen (secondary N) is 1. The van der Waals surface area contributed by atoms with Crippen LogP contribution in [0.5, 0.6) is 5.75 Å². The van der Waals surface area contributed by atoms with Crippen LogP contribution in [0.1, 0.15) is 22.8 Å². The number of ketones is 1. The molecule has 1 aliphatic heterocycles. The van der Waals surface area contributed by atoms with E-state index in [4.69, 9.17) is 4.74 Å². The lowest BCUT2D eigenvalue weighted by molar-refractivity contribution is 0.0993. The maximum absolute atomic E-state index is 11.6. The van der Waals surface area contributed by atoms with Gasteiger partial charge in [0, 0.05) is 12.0 Å². The number of carbonyl (C=O) groups is 1. The van der Waals surface area contributed by atoms with E-state index in [0.717, 1.165) is 23.3 Å². The predicted octanol–water partition coefficient (Wildman–Crippen LogP) is 1.41. The van der Waals surface area contributed by atoms with Crippen molar-refractivity contribution in [1.82, 2.24) is 5.32 Å². The van der Waals surface area contributed by atoms with Gasteiger partial charge in [0.05, 0.1) is 6.54 Å². The van der Waals surface area contributed by atoms with Crippen LogP contribution in [-0.4, -0.2) is 25.5 Å². The highest BCUT2D eigenvalue weighted by atomic mass is 16.5. The van der Waals surface area contributed by atoms with Gasteiger partial charge in [0.1, 0.15) is 11.9 Å². The number of likely N-dealkylation sites (N-methyl/N-ethyl adjacent to an activating group) is 1. The molecule has 0 spiro atoms. The second kappa shape index (κ2) is 4.03. The van der Waals surface area contributed by atoms with Crippen LogP contribution in [0.3, 0.4) is 0 Å². The van der Waals surface area contributed by atoms with Gasteiger partial charge in [0.25, 0.3) is 0 Å². The van der Waals surface area contributed by atoms with Crippen LogP contribution in [0.15, 0.2) is 18.2 Å². The van der Waals surface area contributed by atoms with Crippen molar-refractivity contribution in [3.05, 3.63) is 29.3 Å². The summed E-state index contributed by atoms with van der Waals surface area (Å²) in [6, 6.07) is 5.66. The fourth-order valence-electron chi connectivity index (χ4n) is 1.86. The first-order valence-electron chi connectivity index (χ1n) is 5.18. The van der Waals surface area contributed by atoms with Crippen LogP contribution in [0.25, 0.3) is 0 Å². The Kier molecular flexibility index (Phi) is 2.73. The van der Waals surface area contributed by atoms with Crippen molar-refractivity contribution in [2.75, 3.05) is 13.6 Å². The van der Waals surface area contributed by atoms with Crippen LogP contribution in [-0.2, 0) is 6.42 Å². The maximum Gasteiger partial charge on any atom is 0.176 e. The zero-order chi connectivity index (χ0) is 10.8. The molecule has 1 heterocycles. The lowest BCUT2D eigenvalue weighted by atomic mass is 10.0. The molecule has 0 aliphatic carbocycles. The molecule has 1 aliphatic rings. The van der Waals surface area contributed by atoms with Gasteiger partial charge in [-0.1, -0.05) is 0 Å². The Hall–Kier alpha value is -1.35. The van der Waals surface area contributed by atoms with Crippen molar-refractivity contribution in [3.63, 3.8) is 0 Å². The lowest BCUT2D eigenvalue weighted by Gasteiger charge is -2.03. The van der Waals surface area contributed by atoms with Gasteiger partial charge in [-0.05, 0) is 37.7 Å². The zero-order valence-corrected chi connectivity index (χ0v) is 9.04. The molecule has 0 saturated carbocycles. The van der Waals surface area contributed by atoms with Gasteiger partial charge in [-0.15, -0.1) is 0 Å². The summed E-state index contributed by atoms with van der Waals surface area (Å²) in [6.07, 6.45) is 1.13. The third-order valence-electron chi connectivity index (χ3n) is 2.56. The van der Waals surface area contributed by atoms with Crippen LogP contribution in [0, 0.1) is 0 Å². The molecule has 3 nitrogen and oxygen atoms in total. The van der Waals surface area contributed by atoms with Crippen molar-refractivity contribution in [3.8, 4) is 5.75 Å². The molecule has 0 aromatic heterocycles. The Labute approximate surface area is 89.4 Å². The van der Waals surface area contributed by atoms with Crippen molar-refractivity contribution < 1.29 is 9.53 Å². The first-order chi connectivity index (χ1) is 7.20. The number of hydrogen-bond donors (Lipinski definition) is 1. The minimum atomic E-state index is 0.125. The van der Waals surface area contributed by atoms with Crippen molar-refractivity contribution >= 4 is 5.78 Å². The molecular formula is C12H15NO2. The number of fused-ring (bicyclic) bond motifs is 1.